The fourth-order valence-electron chi connectivity index (χ4n) is 4.98. The maximum Gasteiger partial charge on any atom is 0.227 e. The molecule has 8 nitrogen and oxygen atoms in total. The molecule has 2 aromatic carbocycles. The molecule has 0 atom stereocenters. The van der Waals surface area contributed by atoms with Crippen molar-refractivity contribution in [3.63, 3.8) is 0 Å². The lowest BCUT2D eigenvalue weighted by molar-refractivity contribution is -0.119. The number of hydrogen-bond acceptors (Lipinski definition) is 6. The van der Waals surface area contributed by atoms with Crippen molar-refractivity contribution in [1.82, 2.24) is 24.8 Å². The average Bonchev–Trinajstić information content (AvgIpc) is 3.33. The first-order valence-corrected chi connectivity index (χ1v) is 13.6. The van der Waals surface area contributed by atoms with Gasteiger partial charge in [0.05, 0.1) is 6.33 Å². The van der Waals surface area contributed by atoms with E-state index in [1.807, 2.05) is 30.6 Å². The molecule has 2 heterocycles. The molecule has 4 aromatic rings. The van der Waals surface area contributed by atoms with Crippen LogP contribution in [0.2, 0.25) is 5.02 Å². The summed E-state index contributed by atoms with van der Waals surface area (Å²) in [4.78, 5) is 25.7. The predicted molar refractivity (Wildman–Crippen MR) is 153 cm³/mol. The van der Waals surface area contributed by atoms with Crippen molar-refractivity contribution in [3.05, 3.63) is 65.4 Å². The second-order valence-electron chi connectivity index (χ2n) is 10.3. The molecule has 38 heavy (non-hydrogen) atoms. The first-order chi connectivity index (χ1) is 18.4. The van der Waals surface area contributed by atoms with E-state index in [0.29, 0.717) is 18.3 Å². The normalized spacial score (nSPS) is 17.5. The Hall–Kier alpha value is -3.65. The molecule has 0 bridgehead atoms. The summed E-state index contributed by atoms with van der Waals surface area (Å²) in [6.07, 6.45) is 5.64. The summed E-state index contributed by atoms with van der Waals surface area (Å²) < 4.78 is 2.07. The molecular formula is C29H34ClN7O. The van der Waals surface area contributed by atoms with Crippen LogP contribution in [0.3, 0.4) is 0 Å². The van der Waals surface area contributed by atoms with Gasteiger partial charge in [-0.15, -0.1) is 0 Å². The Labute approximate surface area is 228 Å². The minimum atomic E-state index is 0.0347. The van der Waals surface area contributed by atoms with Gasteiger partial charge in [0.1, 0.15) is 0 Å². The maximum absolute atomic E-state index is 11.4. The van der Waals surface area contributed by atoms with Gasteiger partial charge in [-0.2, -0.15) is 9.97 Å². The molecule has 0 unspecified atom stereocenters. The van der Waals surface area contributed by atoms with Crippen molar-refractivity contribution in [2.45, 2.75) is 71.1 Å². The summed E-state index contributed by atoms with van der Waals surface area (Å²) in [5.41, 5.74) is 4.99. The molecule has 1 amide bonds. The number of nitrogens with zero attached hydrogens (tertiary/aromatic N) is 4. The van der Waals surface area contributed by atoms with Crippen LogP contribution in [-0.4, -0.2) is 37.5 Å². The number of fused-ring (bicyclic) bond motifs is 1. The number of hydrogen-bond donors (Lipinski definition) is 3. The molecule has 1 aliphatic carbocycles. The molecule has 5 rings (SSSR count). The van der Waals surface area contributed by atoms with Crippen LogP contribution >= 0.6 is 11.6 Å². The van der Waals surface area contributed by atoms with E-state index in [1.165, 1.54) is 0 Å². The smallest absolute Gasteiger partial charge is 0.227 e. The molecule has 0 radical (unpaired) electrons. The van der Waals surface area contributed by atoms with E-state index in [0.717, 1.165) is 58.6 Å². The summed E-state index contributed by atoms with van der Waals surface area (Å²) in [5.74, 6) is 1.35. The lowest BCUT2D eigenvalue weighted by Gasteiger charge is -2.29. The van der Waals surface area contributed by atoms with Crippen LogP contribution in [0.4, 0.5) is 11.8 Å². The Morgan fingerprint density at radius 1 is 0.974 bits per heavy atom. The number of benzene rings is 2. The first-order valence-electron chi connectivity index (χ1n) is 13.2. The summed E-state index contributed by atoms with van der Waals surface area (Å²) in [5, 5.41) is 10.8. The molecule has 2 aromatic heterocycles. The molecule has 0 aliphatic heterocycles. The second-order valence-corrected chi connectivity index (χ2v) is 10.7. The molecule has 0 spiro atoms. The molecule has 1 saturated carbocycles. The lowest BCUT2D eigenvalue weighted by Crippen LogP contribution is -2.39. The lowest BCUT2D eigenvalue weighted by atomic mass is 9.91. The molecule has 0 saturated heterocycles. The van der Waals surface area contributed by atoms with Crippen LogP contribution in [-0.2, 0) is 11.3 Å². The Morgan fingerprint density at radius 3 is 2.24 bits per heavy atom. The Balaban J connectivity index is 1.32. The topological polar surface area (TPSA) is 96.8 Å². The summed E-state index contributed by atoms with van der Waals surface area (Å²) in [7, 11) is 0. The van der Waals surface area contributed by atoms with Crippen LogP contribution in [0.25, 0.3) is 22.3 Å². The van der Waals surface area contributed by atoms with Crippen LogP contribution in [0.15, 0.2) is 54.9 Å². The van der Waals surface area contributed by atoms with Gasteiger partial charge in [0.2, 0.25) is 11.9 Å². The van der Waals surface area contributed by atoms with Gasteiger partial charge in [-0.1, -0.05) is 48.0 Å². The van der Waals surface area contributed by atoms with Crippen molar-refractivity contribution in [2.75, 3.05) is 10.6 Å². The number of aromatic nitrogens is 4. The zero-order valence-electron chi connectivity index (χ0n) is 22.0. The van der Waals surface area contributed by atoms with E-state index in [-0.39, 0.29) is 24.0 Å². The van der Waals surface area contributed by atoms with E-state index in [4.69, 9.17) is 21.6 Å². The quantitative estimate of drug-likeness (QED) is 0.250. The Kier molecular flexibility index (Phi) is 7.79. The zero-order valence-corrected chi connectivity index (χ0v) is 22.8. The molecular weight excluding hydrogens is 498 g/mol. The van der Waals surface area contributed by atoms with Gasteiger partial charge in [0.25, 0.3) is 0 Å². The zero-order chi connectivity index (χ0) is 26.6. The van der Waals surface area contributed by atoms with Gasteiger partial charge < -0.3 is 20.5 Å². The third-order valence-corrected chi connectivity index (χ3v) is 7.29. The van der Waals surface area contributed by atoms with E-state index in [9.17, 15) is 4.79 Å². The number of carbonyl (C=O) groups is 1. The van der Waals surface area contributed by atoms with Gasteiger partial charge in [-0.3, -0.25) is 4.79 Å². The minimum Gasteiger partial charge on any atom is -0.364 e. The van der Waals surface area contributed by atoms with Gasteiger partial charge in [0.15, 0.2) is 17.0 Å². The fourth-order valence-corrected chi connectivity index (χ4v) is 5.10. The van der Waals surface area contributed by atoms with Crippen molar-refractivity contribution in [3.8, 4) is 11.1 Å². The number of amides is 1. The third kappa shape index (κ3) is 6.07. The van der Waals surface area contributed by atoms with Crippen molar-refractivity contribution >= 4 is 40.4 Å². The number of rotatable bonds is 8. The van der Waals surface area contributed by atoms with Crippen LogP contribution < -0.4 is 16.0 Å². The average molecular weight is 532 g/mol. The van der Waals surface area contributed by atoms with Gasteiger partial charge >= 0.3 is 0 Å². The number of halogens is 1. The number of carbonyl (C=O) groups excluding carboxylic acids is 1. The number of nitrogens with one attached hydrogen (secondary N) is 3. The van der Waals surface area contributed by atoms with Gasteiger partial charge in [-0.25, -0.2) is 4.98 Å². The molecule has 1 aliphatic rings. The van der Waals surface area contributed by atoms with E-state index in [2.05, 4.69) is 63.6 Å². The number of imidazole rings is 1. The number of anilines is 2. The summed E-state index contributed by atoms with van der Waals surface area (Å²) in [6, 6.07) is 17.1. The van der Waals surface area contributed by atoms with Crippen molar-refractivity contribution in [1.29, 1.82) is 0 Å². The molecule has 1 fully saturated rings. The highest BCUT2D eigenvalue weighted by Gasteiger charge is 2.23. The largest absolute Gasteiger partial charge is 0.364 e. The van der Waals surface area contributed by atoms with Crippen LogP contribution in [0.1, 0.15) is 58.1 Å². The maximum atomic E-state index is 11.4. The molecule has 3 N–H and O–H groups in total. The minimum absolute atomic E-state index is 0.0347. The SMILES string of the molecule is CC(=O)NC1CCC(Nc2nc(NCc3ccc(-c4ccc(Cl)cc4)cc3)c3ncn(C(C)C)c3n2)CC1. The molecule has 9 heteroatoms. The summed E-state index contributed by atoms with van der Waals surface area (Å²) in [6.45, 7) is 6.43. The summed E-state index contributed by atoms with van der Waals surface area (Å²) >= 11 is 6.03. The highest BCUT2D eigenvalue weighted by molar-refractivity contribution is 6.30. The predicted octanol–water partition coefficient (Wildman–Crippen LogP) is 6.20. The van der Waals surface area contributed by atoms with Crippen LogP contribution in [0, 0.1) is 0 Å². The fraction of sp³-hybridized carbons (Fsp3) is 0.379. The van der Waals surface area contributed by atoms with Crippen molar-refractivity contribution in [2.24, 2.45) is 0 Å². The highest BCUT2D eigenvalue weighted by atomic mass is 35.5. The van der Waals surface area contributed by atoms with Crippen LogP contribution in [0.5, 0.6) is 0 Å². The third-order valence-electron chi connectivity index (χ3n) is 7.04. The van der Waals surface area contributed by atoms with E-state index < -0.39 is 0 Å². The second kappa shape index (κ2) is 11.4. The van der Waals surface area contributed by atoms with Gasteiger partial charge in [0, 0.05) is 36.6 Å². The van der Waals surface area contributed by atoms with Crippen molar-refractivity contribution < 1.29 is 4.79 Å². The monoisotopic (exact) mass is 531 g/mol. The van der Waals surface area contributed by atoms with Gasteiger partial charge in [-0.05, 0) is 68.4 Å². The first kappa shape index (κ1) is 26.0. The Bertz CT molecular complexity index is 1390. The van der Waals surface area contributed by atoms with E-state index >= 15 is 0 Å². The standard InChI is InChI=1S/C29H34ClN7O/c1-18(2)37-17-32-26-27(31-16-20-4-6-21(7-5-20)22-8-10-23(30)11-9-22)35-29(36-28(26)37)34-25-14-12-24(13-15-25)33-19(3)38/h4-11,17-18,24-25H,12-16H2,1-3H3,(H,33,38)(H2,31,34,35,36). The Morgan fingerprint density at radius 2 is 1.61 bits per heavy atom. The molecule has 198 valence electrons. The highest BCUT2D eigenvalue weighted by Crippen LogP contribution is 2.27. The van der Waals surface area contributed by atoms with E-state index in [1.54, 1.807) is 6.92 Å².